The van der Waals surface area contributed by atoms with Crippen LogP contribution in [0.4, 0.5) is 0 Å². The summed E-state index contributed by atoms with van der Waals surface area (Å²) in [4.78, 5) is 4.36. The first-order valence-corrected chi connectivity index (χ1v) is 6.06. The number of hydrogen-bond acceptors (Lipinski definition) is 3. The van der Waals surface area contributed by atoms with Crippen molar-refractivity contribution < 1.29 is 9.84 Å². The number of nitrogens with zero attached hydrogens (tertiary/aromatic N) is 2. The zero-order valence-corrected chi connectivity index (χ0v) is 10.7. The Balaban J connectivity index is 2.11. The molecule has 0 saturated heterocycles. The fourth-order valence-corrected chi connectivity index (χ4v) is 1.84. The minimum atomic E-state index is -0.385. The molecule has 1 unspecified atom stereocenters. The molecule has 2 heterocycles. The summed E-state index contributed by atoms with van der Waals surface area (Å²) in [6.07, 6.45) is 4.25. The third kappa shape index (κ3) is 2.90. The van der Waals surface area contributed by atoms with Gasteiger partial charge >= 0.3 is 0 Å². The molecule has 18 heavy (non-hydrogen) atoms. The van der Waals surface area contributed by atoms with Gasteiger partial charge in [-0.25, -0.2) is 4.98 Å². The number of pyridine rings is 1. The minimum Gasteiger partial charge on any atom is -0.481 e. The lowest BCUT2D eigenvalue weighted by Crippen LogP contribution is -2.00. The number of hydrogen-bond donors (Lipinski definition) is 1. The zero-order valence-electron chi connectivity index (χ0n) is 10.7. The third-order valence-corrected chi connectivity index (χ3v) is 2.88. The van der Waals surface area contributed by atoms with E-state index in [1.54, 1.807) is 7.11 Å². The largest absolute Gasteiger partial charge is 0.481 e. The van der Waals surface area contributed by atoms with Crippen molar-refractivity contribution in [2.75, 3.05) is 7.11 Å². The first-order valence-electron chi connectivity index (χ1n) is 6.06. The van der Waals surface area contributed by atoms with Crippen molar-refractivity contribution in [2.45, 2.75) is 26.0 Å². The van der Waals surface area contributed by atoms with Gasteiger partial charge < -0.3 is 14.4 Å². The van der Waals surface area contributed by atoms with Crippen LogP contribution >= 0.6 is 0 Å². The van der Waals surface area contributed by atoms with E-state index < -0.39 is 0 Å². The molecule has 0 saturated carbocycles. The molecule has 1 N–H and O–H groups in total. The molecular weight excluding hydrogens is 228 g/mol. The summed E-state index contributed by atoms with van der Waals surface area (Å²) in [5.74, 6) is 0.619. The summed E-state index contributed by atoms with van der Waals surface area (Å²) in [5, 5.41) is 9.74. The number of aliphatic hydroxyl groups is 1. The smallest absolute Gasteiger partial charge is 0.213 e. The lowest BCUT2D eigenvalue weighted by atomic mass is 10.1. The Kier molecular flexibility index (Phi) is 3.99. The molecule has 0 aliphatic heterocycles. The van der Waals surface area contributed by atoms with Crippen molar-refractivity contribution in [1.29, 1.82) is 0 Å². The predicted molar refractivity (Wildman–Crippen MR) is 69.6 cm³/mol. The molecule has 4 nitrogen and oxygen atoms in total. The van der Waals surface area contributed by atoms with Gasteiger partial charge in [0.1, 0.15) is 0 Å². The van der Waals surface area contributed by atoms with Crippen LogP contribution in [0.2, 0.25) is 0 Å². The van der Waals surface area contributed by atoms with Gasteiger partial charge in [-0.2, -0.15) is 0 Å². The average Bonchev–Trinajstić information content (AvgIpc) is 2.86. The maximum absolute atomic E-state index is 9.74. The van der Waals surface area contributed by atoms with Crippen molar-refractivity contribution in [2.24, 2.45) is 0 Å². The molecule has 0 aliphatic carbocycles. The molecule has 0 amide bonds. The van der Waals surface area contributed by atoms with E-state index in [1.807, 2.05) is 48.1 Å². The molecule has 0 radical (unpaired) electrons. The number of aliphatic hydroxyl groups excluding tert-OH is 1. The van der Waals surface area contributed by atoms with E-state index in [4.69, 9.17) is 4.74 Å². The number of aromatic nitrogens is 2. The van der Waals surface area contributed by atoms with E-state index in [9.17, 15) is 5.11 Å². The molecule has 2 aromatic heterocycles. The highest BCUT2D eigenvalue weighted by Crippen LogP contribution is 2.17. The minimum absolute atomic E-state index is 0.385. The molecule has 0 bridgehead atoms. The van der Waals surface area contributed by atoms with Crippen LogP contribution in [0.15, 0.2) is 36.7 Å². The molecule has 0 aromatic carbocycles. The molecule has 96 valence electrons. The Bertz CT molecular complexity index is 508. The first kappa shape index (κ1) is 12.6. The van der Waals surface area contributed by atoms with Crippen LogP contribution in [-0.2, 0) is 6.54 Å². The van der Waals surface area contributed by atoms with Gasteiger partial charge in [0.05, 0.1) is 25.5 Å². The monoisotopic (exact) mass is 246 g/mol. The van der Waals surface area contributed by atoms with Crippen LogP contribution < -0.4 is 4.74 Å². The number of rotatable bonds is 5. The average molecular weight is 246 g/mol. The zero-order chi connectivity index (χ0) is 13.0. The van der Waals surface area contributed by atoms with Crippen LogP contribution in [0.1, 0.15) is 30.7 Å². The fourth-order valence-electron chi connectivity index (χ4n) is 1.84. The summed E-state index contributed by atoms with van der Waals surface area (Å²) < 4.78 is 7.10. The van der Waals surface area contributed by atoms with Gasteiger partial charge in [-0.05, 0) is 24.1 Å². The van der Waals surface area contributed by atoms with Gasteiger partial charge in [-0.1, -0.05) is 13.0 Å². The highest BCUT2D eigenvalue weighted by Gasteiger charge is 2.07. The molecule has 0 fully saturated rings. The normalized spacial score (nSPS) is 12.4. The van der Waals surface area contributed by atoms with Crippen molar-refractivity contribution in [3.8, 4) is 5.88 Å². The van der Waals surface area contributed by atoms with Gasteiger partial charge in [0, 0.05) is 18.5 Å². The standard InChI is InChI=1S/C14H18N2O2/c1-3-13(17)11-7-8-16(9-11)10-12-5-4-6-14(15-12)18-2/h4-9,13,17H,3,10H2,1-2H3. The van der Waals surface area contributed by atoms with Gasteiger partial charge in [-0.15, -0.1) is 0 Å². The van der Waals surface area contributed by atoms with E-state index in [-0.39, 0.29) is 6.10 Å². The summed E-state index contributed by atoms with van der Waals surface area (Å²) in [7, 11) is 1.61. The van der Waals surface area contributed by atoms with Crippen molar-refractivity contribution in [3.05, 3.63) is 47.9 Å². The van der Waals surface area contributed by atoms with Crippen LogP contribution in [0, 0.1) is 0 Å². The van der Waals surface area contributed by atoms with Gasteiger partial charge in [-0.3, -0.25) is 0 Å². The second-order valence-corrected chi connectivity index (χ2v) is 4.21. The second kappa shape index (κ2) is 5.69. The van der Waals surface area contributed by atoms with Crippen LogP contribution in [-0.4, -0.2) is 21.8 Å². The molecule has 1 atom stereocenters. The van der Waals surface area contributed by atoms with E-state index >= 15 is 0 Å². The Morgan fingerprint density at radius 2 is 2.22 bits per heavy atom. The summed E-state index contributed by atoms with van der Waals surface area (Å²) in [6, 6.07) is 7.64. The molecule has 2 rings (SSSR count). The molecular formula is C14H18N2O2. The summed E-state index contributed by atoms with van der Waals surface area (Å²) in [6.45, 7) is 2.64. The summed E-state index contributed by atoms with van der Waals surface area (Å²) >= 11 is 0. The molecule has 0 spiro atoms. The fraction of sp³-hybridized carbons (Fsp3) is 0.357. The van der Waals surface area contributed by atoms with Crippen LogP contribution in [0.25, 0.3) is 0 Å². The van der Waals surface area contributed by atoms with Gasteiger partial charge in [0.15, 0.2) is 0 Å². The highest BCUT2D eigenvalue weighted by atomic mass is 16.5. The van der Waals surface area contributed by atoms with E-state index in [0.29, 0.717) is 12.4 Å². The lowest BCUT2D eigenvalue weighted by Gasteiger charge is -2.06. The molecule has 4 heteroatoms. The SMILES string of the molecule is CCC(O)c1ccn(Cc2cccc(OC)n2)c1. The molecule has 2 aromatic rings. The second-order valence-electron chi connectivity index (χ2n) is 4.21. The number of methoxy groups -OCH3 is 1. The topological polar surface area (TPSA) is 47.3 Å². The third-order valence-electron chi connectivity index (χ3n) is 2.88. The Morgan fingerprint density at radius 1 is 1.39 bits per heavy atom. The van der Waals surface area contributed by atoms with Crippen molar-refractivity contribution >= 4 is 0 Å². The van der Waals surface area contributed by atoms with E-state index in [2.05, 4.69) is 4.98 Å². The maximum Gasteiger partial charge on any atom is 0.213 e. The number of ether oxygens (including phenoxy) is 1. The van der Waals surface area contributed by atoms with Crippen LogP contribution in [0.5, 0.6) is 5.88 Å². The van der Waals surface area contributed by atoms with Crippen LogP contribution in [0.3, 0.4) is 0 Å². The Morgan fingerprint density at radius 3 is 2.94 bits per heavy atom. The lowest BCUT2D eigenvalue weighted by molar-refractivity contribution is 0.173. The Hall–Kier alpha value is -1.81. The van der Waals surface area contributed by atoms with Gasteiger partial charge in [0.25, 0.3) is 0 Å². The quantitative estimate of drug-likeness (QED) is 0.881. The molecule has 0 aliphatic rings. The Labute approximate surface area is 107 Å². The van der Waals surface area contributed by atoms with E-state index in [0.717, 1.165) is 17.7 Å². The summed E-state index contributed by atoms with van der Waals surface area (Å²) in [5.41, 5.74) is 1.88. The predicted octanol–water partition coefficient (Wildman–Crippen LogP) is 2.38. The van der Waals surface area contributed by atoms with Crippen molar-refractivity contribution in [1.82, 2.24) is 9.55 Å². The maximum atomic E-state index is 9.74. The van der Waals surface area contributed by atoms with E-state index in [1.165, 1.54) is 0 Å². The van der Waals surface area contributed by atoms with Crippen molar-refractivity contribution in [3.63, 3.8) is 0 Å². The first-order chi connectivity index (χ1) is 8.72. The van der Waals surface area contributed by atoms with Gasteiger partial charge in [0.2, 0.25) is 5.88 Å². The highest BCUT2D eigenvalue weighted by molar-refractivity contribution is 5.18.